The van der Waals surface area contributed by atoms with Gasteiger partial charge in [-0.2, -0.15) is 4.98 Å². The number of nitrogens with zero attached hydrogens (tertiary/aromatic N) is 11. The fraction of sp³-hybridized carbons (Fsp3) is 0.556. The standard InChI is InChI=1S/C72H91FN12O8S/c1-10-48-12-11-13-51-29-55(91-41-90-9)31-56(62(48)51)64-63(73)65-57(33-74-64)67(83-37-52-18-19-53(38-83)85(52)71(89)92-72(6,7)8)78-70(77-65)81-26-22-46(23-27-81)34-80-24-20-45(21-25-80)28-47-35-82(36-47)60-32-59(93-79-60)61(42(2)3)69(88)84-39-54(86)30-58(84)68(87)76-43(4)49-14-16-50(17-15-49)66-44(5)75-40-94-66/h11-17,29,31-33,40,42-43,45-47,52-54,58,61,86H,10,18-28,30,34-39,41H2,1-9H3,(H,76,87)/t43-,52?,53?,54+,58-,61+/m0/s1. The van der Waals surface area contributed by atoms with Gasteiger partial charge in [0.1, 0.15) is 40.3 Å². The van der Waals surface area contributed by atoms with Gasteiger partial charge >= 0.3 is 6.09 Å². The van der Waals surface area contributed by atoms with Crippen LogP contribution in [0.25, 0.3) is 43.4 Å². The number of β-amino-alcohol motifs (C(OH)–C–C–N with tert-alkyl or cyclic N) is 1. The molecule has 20 nitrogen and oxygen atoms in total. The topological polar surface area (TPSA) is 208 Å². The van der Waals surface area contributed by atoms with Crippen molar-refractivity contribution < 1.29 is 42.6 Å². The summed E-state index contributed by atoms with van der Waals surface area (Å²) >= 11 is 1.60. The van der Waals surface area contributed by atoms with Crippen LogP contribution in [0, 0.1) is 36.4 Å². The smallest absolute Gasteiger partial charge is 0.410 e. The Morgan fingerprint density at radius 3 is 2.27 bits per heavy atom. The average Bonchev–Trinajstić information content (AvgIpc) is 0.981. The summed E-state index contributed by atoms with van der Waals surface area (Å²) in [6.45, 7) is 23.3. The summed E-state index contributed by atoms with van der Waals surface area (Å²) in [5.41, 5.74) is 6.34. The molecule has 7 aromatic rings. The molecular weight excluding hydrogens is 1210 g/mol. The van der Waals surface area contributed by atoms with Crippen LogP contribution in [0.5, 0.6) is 5.75 Å². The van der Waals surface area contributed by atoms with Crippen LogP contribution >= 0.6 is 11.3 Å². The van der Waals surface area contributed by atoms with Gasteiger partial charge in [0.15, 0.2) is 24.2 Å². The minimum atomic E-state index is -0.816. The number of likely N-dealkylation sites (tertiary alicyclic amines) is 2. The molecule has 6 aliphatic rings. The highest BCUT2D eigenvalue weighted by Crippen LogP contribution is 2.43. The normalized spacial score (nSPS) is 21.6. The Hall–Kier alpha value is -7.53. The molecule has 0 spiro atoms. The zero-order chi connectivity index (χ0) is 65.7. The van der Waals surface area contributed by atoms with Gasteiger partial charge in [0.25, 0.3) is 0 Å². The third kappa shape index (κ3) is 13.5. The monoisotopic (exact) mass is 1300 g/mol. The van der Waals surface area contributed by atoms with Crippen LogP contribution in [-0.2, 0) is 25.5 Å². The number of piperazine rings is 1. The molecule has 6 aliphatic heterocycles. The first kappa shape index (κ1) is 65.1. The molecule has 10 heterocycles. The van der Waals surface area contributed by atoms with Crippen molar-refractivity contribution in [3.8, 4) is 27.4 Å². The van der Waals surface area contributed by atoms with Crippen LogP contribution in [0.3, 0.4) is 0 Å². The number of hydrogen-bond acceptors (Lipinski definition) is 18. The van der Waals surface area contributed by atoms with Crippen LogP contribution in [0.15, 0.2) is 76.9 Å². The summed E-state index contributed by atoms with van der Waals surface area (Å²) in [7, 11) is 1.57. The molecule has 6 fully saturated rings. The lowest BCUT2D eigenvalue weighted by molar-refractivity contribution is -0.141. The van der Waals surface area contributed by atoms with Crippen LogP contribution < -0.4 is 24.8 Å². The minimum absolute atomic E-state index is 0.0437. The third-order valence-electron chi connectivity index (χ3n) is 20.5. The Labute approximate surface area is 554 Å². The molecule has 22 heteroatoms. The molecular formula is C72H91FN12O8S. The number of fused-ring (bicyclic) bond motifs is 4. The number of carbonyl (C=O) groups is 3. The number of hydrogen-bond donors (Lipinski definition) is 2. The predicted molar refractivity (Wildman–Crippen MR) is 363 cm³/mol. The maximum Gasteiger partial charge on any atom is 0.410 e. The van der Waals surface area contributed by atoms with E-state index in [1.807, 2.05) is 113 Å². The molecule has 3 aromatic carbocycles. The van der Waals surface area contributed by atoms with Crippen molar-refractivity contribution in [3.05, 3.63) is 101 Å². The summed E-state index contributed by atoms with van der Waals surface area (Å²) in [5, 5.41) is 20.8. The Kier molecular flexibility index (Phi) is 18.9. The number of benzene rings is 3. The molecule has 2 unspecified atom stereocenters. The highest BCUT2D eigenvalue weighted by atomic mass is 32.1. The average molecular weight is 1300 g/mol. The Morgan fingerprint density at radius 2 is 1.59 bits per heavy atom. The zero-order valence-corrected chi connectivity index (χ0v) is 56.7. The number of ether oxygens (including phenoxy) is 3. The molecule has 13 rings (SSSR count). The Balaban J connectivity index is 0.621. The number of nitrogens with one attached hydrogen (secondary N) is 1. The lowest BCUT2D eigenvalue weighted by atomic mass is 9.83. The maximum atomic E-state index is 17.9. The van der Waals surface area contributed by atoms with E-state index in [4.69, 9.17) is 33.7 Å². The quantitative estimate of drug-likeness (QED) is 0.0722. The third-order valence-corrected chi connectivity index (χ3v) is 21.5. The predicted octanol–water partition coefficient (Wildman–Crippen LogP) is 11.6. The number of anilines is 3. The summed E-state index contributed by atoms with van der Waals surface area (Å²) < 4.78 is 41.0. The van der Waals surface area contributed by atoms with Gasteiger partial charge in [0, 0.05) is 83.7 Å². The second kappa shape index (κ2) is 27.3. The number of rotatable bonds is 19. The van der Waals surface area contributed by atoms with E-state index in [1.165, 1.54) is 4.90 Å². The molecule has 0 aliphatic carbocycles. The Morgan fingerprint density at radius 1 is 0.851 bits per heavy atom. The van der Waals surface area contributed by atoms with Crippen LogP contribution in [0.2, 0.25) is 0 Å². The van der Waals surface area contributed by atoms with E-state index < -0.39 is 29.5 Å². The second-order valence-electron chi connectivity index (χ2n) is 28.6. The summed E-state index contributed by atoms with van der Waals surface area (Å²) in [5.74, 6) is 2.74. The zero-order valence-electron chi connectivity index (χ0n) is 55.9. The maximum absolute atomic E-state index is 17.9. The van der Waals surface area contributed by atoms with Crippen molar-refractivity contribution in [2.45, 2.75) is 155 Å². The number of methoxy groups -OCH3 is 1. The number of aryl methyl sites for hydroxylation is 2. The van der Waals surface area contributed by atoms with Gasteiger partial charge in [-0.25, -0.2) is 19.2 Å². The van der Waals surface area contributed by atoms with Crippen LogP contribution in [0.1, 0.15) is 134 Å². The van der Waals surface area contributed by atoms with Gasteiger partial charge < -0.3 is 53.7 Å². The molecule has 6 saturated heterocycles. The van der Waals surface area contributed by atoms with E-state index in [1.54, 1.807) is 24.6 Å². The van der Waals surface area contributed by atoms with Crippen LogP contribution in [0.4, 0.5) is 26.8 Å². The summed E-state index contributed by atoms with van der Waals surface area (Å²) in [6, 6.07) is 18.6. The Bertz CT molecular complexity index is 3860. The van der Waals surface area contributed by atoms with E-state index in [2.05, 4.69) is 48.0 Å². The fourth-order valence-corrected chi connectivity index (χ4v) is 16.4. The number of aliphatic hydroxyl groups excluding tert-OH is 1. The molecule has 0 saturated carbocycles. The number of piperidine rings is 2. The van der Waals surface area contributed by atoms with Gasteiger partial charge in [-0.05, 0) is 162 Å². The summed E-state index contributed by atoms with van der Waals surface area (Å²) in [6.07, 6.45) is 8.64. The van der Waals surface area contributed by atoms with Crippen molar-refractivity contribution in [2.24, 2.45) is 23.7 Å². The van der Waals surface area contributed by atoms with Crippen molar-refractivity contribution in [3.63, 3.8) is 0 Å². The second-order valence-corrected chi connectivity index (χ2v) is 29.5. The van der Waals surface area contributed by atoms with E-state index >= 15 is 4.39 Å². The minimum Gasteiger partial charge on any atom is -0.468 e. The molecule has 2 bridgehead atoms. The molecule has 0 radical (unpaired) electrons. The lowest BCUT2D eigenvalue weighted by Crippen LogP contribution is -2.57. The first-order valence-corrected chi connectivity index (χ1v) is 34.9. The number of aromatic nitrogens is 5. The van der Waals surface area contributed by atoms with Crippen molar-refractivity contribution >= 4 is 68.5 Å². The SMILES string of the molecule is CCc1cccc2cc(OCOC)cc(-c3ncc4c(N5CC6CCC(C5)N6C(=O)OC(C)(C)C)nc(N5CCC(CN6CCC(CC7CN(c8cc([C@H](C(=O)N9C[C@H](O)C[C@H]9C(=O)N[C@@H](C)c9ccc(-c%10scnc%10C)cc9)C(C)C)on8)C7)CC6)CC5)nc4c3F)c12. The van der Waals surface area contributed by atoms with Gasteiger partial charge in [0.2, 0.25) is 17.8 Å². The van der Waals surface area contributed by atoms with Crippen molar-refractivity contribution in [2.75, 3.05) is 94.1 Å². The van der Waals surface area contributed by atoms with E-state index in [-0.39, 0.29) is 72.9 Å². The molecule has 6 atom stereocenters. The molecule has 500 valence electrons. The molecule has 4 aromatic heterocycles. The number of thiazole rings is 1. The number of amides is 3. The largest absolute Gasteiger partial charge is 0.468 e. The first-order chi connectivity index (χ1) is 45.3. The summed E-state index contributed by atoms with van der Waals surface area (Å²) in [4.78, 5) is 75.6. The van der Waals surface area contributed by atoms with Gasteiger partial charge in [-0.15, -0.1) is 11.3 Å². The van der Waals surface area contributed by atoms with Crippen molar-refractivity contribution in [1.82, 2.24) is 45.1 Å². The van der Waals surface area contributed by atoms with Gasteiger partial charge in [-0.1, -0.05) is 68.4 Å². The van der Waals surface area contributed by atoms with E-state index in [9.17, 15) is 19.5 Å². The number of halogens is 1. The van der Waals surface area contributed by atoms with E-state index in [0.29, 0.717) is 65.1 Å². The van der Waals surface area contributed by atoms with E-state index in [0.717, 1.165) is 141 Å². The highest BCUT2D eigenvalue weighted by Gasteiger charge is 2.47. The number of aliphatic hydroxyl groups is 1. The number of carbonyl (C=O) groups excluding carboxylic acids is 3. The first-order valence-electron chi connectivity index (χ1n) is 34.1. The molecule has 94 heavy (non-hydrogen) atoms. The van der Waals surface area contributed by atoms with Crippen LogP contribution in [-0.4, -0.2) is 172 Å². The highest BCUT2D eigenvalue weighted by molar-refractivity contribution is 7.13. The van der Waals surface area contributed by atoms with Gasteiger partial charge in [-0.3, -0.25) is 19.5 Å². The number of pyridine rings is 1. The lowest BCUT2D eigenvalue weighted by Gasteiger charge is -2.43. The van der Waals surface area contributed by atoms with Gasteiger partial charge in [0.05, 0.1) is 45.7 Å². The molecule has 2 N–H and O–H groups in total. The molecule has 3 amide bonds. The van der Waals surface area contributed by atoms with Crippen molar-refractivity contribution in [1.29, 1.82) is 0 Å². The fourth-order valence-electron chi connectivity index (χ4n) is 15.6.